The lowest BCUT2D eigenvalue weighted by molar-refractivity contribution is 0.257. The number of benzene rings is 1. The van der Waals surface area contributed by atoms with Gasteiger partial charge in [-0.25, -0.2) is 0 Å². The Balaban J connectivity index is 2.00. The van der Waals surface area contributed by atoms with Gasteiger partial charge in [0, 0.05) is 25.5 Å². The second kappa shape index (κ2) is 6.92. The maximum Gasteiger partial charge on any atom is 0.0271 e. The zero-order valence-electron chi connectivity index (χ0n) is 10.9. The highest BCUT2D eigenvalue weighted by atomic mass is 15.1. The van der Waals surface area contributed by atoms with Crippen molar-refractivity contribution in [1.29, 1.82) is 0 Å². The number of hydrogen-bond acceptors (Lipinski definition) is 2. The molecule has 18 heavy (non-hydrogen) atoms. The molecular formula is C16H20N2. The van der Waals surface area contributed by atoms with Crippen LogP contribution in [0.2, 0.25) is 0 Å². The standard InChI is InChI=1S/C16H20N2/c1-2-12-18(13-15-6-4-3-5-7-15)14-16-8-10-17-11-9-16/h3-11H,2,12-14H2,1H3. The van der Waals surface area contributed by atoms with Crippen LogP contribution in [-0.2, 0) is 13.1 Å². The van der Waals surface area contributed by atoms with Gasteiger partial charge in [0.2, 0.25) is 0 Å². The molecule has 0 aliphatic heterocycles. The monoisotopic (exact) mass is 240 g/mol. The summed E-state index contributed by atoms with van der Waals surface area (Å²) in [5.74, 6) is 0. The Morgan fingerprint density at radius 2 is 1.50 bits per heavy atom. The van der Waals surface area contributed by atoms with E-state index < -0.39 is 0 Å². The van der Waals surface area contributed by atoms with Crippen molar-refractivity contribution in [2.45, 2.75) is 26.4 Å². The van der Waals surface area contributed by atoms with Crippen molar-refractivity contribution in [3.8, 4) is 0 Å². The zero-order valence-corrected chi connectivity index (χ0v) is 10.9. The highest BCUT2D eigenvalue weighted by Crippen LogP contribution is 2.09. The summed E-state index contributed by atoms with van der Waals surface area (Å²) in [6.45, 7) is 5.35. The summed E-state index contributed by atoms with van der Waals surface area (Å²) in [5.41, 5.74) is 2.70. The molecular weight excluding hydrogens is 220 g/mol. The summed E-state index contributed by atoms with van der Waals surface area (Å²) in [6, 6.07) is 14.8. The fourth-order valence-corrected chi connectivity index (χ4v) is 2.12. The van der Waals surface area contributed by atoms with E-state index in [0.717, 1.165) is 19.6 Å². The maximum absolute atomic E-state index is 4.06. The van der Waals surface area contributed by atoms with Crippen LogP contribution in [0.5, 0.6) is 0 Å². The van der Waals surface area contributed by atoms with Gasteiger partial charge in [-0.3, -0.25) is 9.88 Å². The molecule has 2 heteroatoms. The lowest BCUT2D eigenvalue weighted by Crippen LogP contribution is -2.23. The van der Waals surface area contributed by atoms with Gasteiger partial charge in [0.05, 0.1) is 0 Å². The molecule has 0 bridgehead atoms. The van der Waals surface area contributed by atoms with E-state index in [9.17, 15) is 0 Å². The molecule has 0 aliphatic carbocycles. The van der Waals surface area contributed by atoms with Crippen LogP contribution in [0.1, 0.15) is 24.5 Å². The molecule has 2 nitrogen and oxygen atoms in total. The molecule has 2 rings (SSSR count). The molecule has 0 saturated carbocycles. The lowest BCUT2D eigenvalue weighted by Gasteiger charge is -2.21. The van der Waals surface area contributed by atoms with Crippen LogP contribution in [0.3, 0.4) is 0 Å². The van der Waals surface area contributed by atoms with E-state index in [1.807, 2.05) is 12.4 Å². The van der Waals surface area contributed by atoms with E-state index in [1.54, 1.807) is 0 Å². The normalized spacial score (nSPS) is 10.8. The van der Waals surface area contributed by atoms with E-state index in [1.165, 1.54) is 17.5 Å². The van der Waals surface area contributed by atoms with Crippen molar-refractivity contribution in [3.63, 3.8) is 0 Å². The van der Waals surface area contributed by atoms with Crippen molar-refractivity contribution in [3.05, 3.63) is 66.0 Å². The Kier molecular flexibility index (Phi) is 4.91. The van der Waals surface area contributed by atoms with Gasteiger partial charge in [0.1, 0.15) is 0 Å². The molecule has 0 amide bonds. The molecule has 1 heterocycles. The quantitative estimate of drug-likeness (QED) is 0.768. The Morgan fingerprint density at radius 1 is 0.889 bits per heavy atom. The minimum atomic E-state index is 0.991. The van der Waals surface area contributed by atoms with Crippen molar-refractivity contribution >= 4 is 0 Å². The third kappa shape index (κ3) is 3.97. The van der Waals surface area contributed by atoms with E-state index in [0.29, 0.717) is 0 Å². The van der Waals surface area contributed by atoms with Gasteiger partial charge in [-0.1, -0.05) is 37.3 Å². The van der Waals surface area contributed by atoms with E-state index in [2.05, 4.69) is 59.3 Å². The van der Waals surface area contributed by atoms with Crippen LogP contribution < -0.4 is 0 Å². The molecule has 0 unspecified atom stereocenters. The highest BCUT2D eigenvalue weighted by Gasteiger charge is 2.05. The topological polar surface area (TPSA) is 16.1 Å². The molecule has 2 aromatic rings. The molecule has 0 spiro atoms. The summed E-state index contributed by atoms with van der Waals surface area (Å²) in [7, 11) is 0. The minimum absolute atomic E-state index is 0.991. The molecule has 0 N–H and O–H groups in total. The predicted octanol–water partition coefficient (Wildman–Crippen LogP) is 3.49. The molecule has 0 saturated heterocycles. The highest BCUT2D eigenvalue weighted by molar-refractivity contribution is 5.15. The van der Waals surface area contributed by atoms with Crippen molar-refractivity contribution in [2.75, 3.05) is 6.54 Å². The first kappa shape index (κ1) is 12.8. The second-order valence-corrected chi connectivity index (χ2v) is 4.55. The molecule has 0 radical (unpaired) electrons. The molecule has 0 atom stereocenters. The van der Waals surface area contributed by atoms with Crippen molar-refractivity contribution in [1.82, 2.24) is 9.88 Å². The summed E-state index contributed by atoms with van der Waals surface area (Å²) in [6.07, 6.45) is 4.90. The first-order valence-corrected chi connectivity index (χ1v) is 6.53. The third-order valence-electron chi connectivity index (χ3n) is 2.94. The van der Waals surface area contributed by atoms with Gasteiger partial charge in [-0.15, -0.1) is 0 Å². The summed E-state index contributed by atoms with van der Waals surface area (Å²) in [5, 5.41) is 0. The van der Waals surface area contributed by atoms with Gasteiger partial charge in [0.25, 0.3) is 0 Å². The van der Waals surface area contributed by atoms with Gasteiger partial charge in [0.15, 0.2) is 0 Å². The average molecular weight is 240 g/mol. The van der Waals surface area contributed by atoms with E-state index in [-0.39, 0.29) is 0 Å². The minimum Gasteiger partial charge on any atom is -0.295 e. The maximum atomic E-state index is 4.06. The van der Waals surface area contributed by atoms with Gasteiger partial charge in [-0.2, -0.15) is 0 Å². The number of nitrogens with zero attached hydrogens (tertiary/aromatic N) is 2. The number of pyridine rings is 1. The van der Waals surface area contributed by atoms with Gasteiger partial charge >= 0.3 is 0 Å². The summed E-state index contributed by atoms with van der Waals surface area (Å²) in [4.78, 5) is 6.54. The van der Waals surface area contributed by atoms with Crippen LogP contribution >= 0.6 is 0 Å². The molecule has 0 aliphatic rings. The predicted molar refractivity (Wildman–Crippen MR) is 75.1 cm³/mol. The van der Waals surface area contributed by atoms with Crippen molar-refractivity contribution in [2.24, 2.45) is 0 Å². The second-order valence-electron chi connectivity index (χ2n) is 4.55. The summed E-state index contributed by atoms with van der Waals surface area (Å²) >= 11 is 0. The smallest absolute Gasteiger partial charge is 0.0271 e. The average Bonchev–Trinajstić information content (AvgIpc) is 2.41. The van der Waals surface area contributed by atoms with Crippen LogP contribution in [0, 0.1) is 0 Å². The molecule has 1 aromatic heterocycles. The number of rotatable bonds is 6. The van der Waals surface area contributed by atoms with E-state index >= 15 is 0 Å². The lowest BCUT2D eigenvalue weighted by atomic mass is 10.2. The fourth-order valence-electron chi connectivity index (χ4n) is 2.12. The number of hydrogen-bond donors (Lipinski definition) is 0. The van der Waals surface area contributed by atoms with Gasteiger partial charge < -0.3 is 0 Å². The van der Waals surface area contributed by atoms with Crippen LogP contribution in [0.25, 0.3) is 0 Å². The Morgan fingerprint density at radius 3 is 2.11 bits per heavy atom. The third-order valence-corrected chi connectivity index (χ3v) is 2.94. The van der Waals surface area contributed by atoms with Crippen LogP contribution in [0.15, 0.2) is 54.9 Å². The molecule has 1 aromatic carbocycles. The Hall–Kier alpha value is -1.67. The van der Waals surface area contributed by atoms with Crippen LogP contribution in [-0.4, -0.2) is 16.4 Å². The summed E-state index contributed by atoms with van der Waals surface area (Å²) < 4.78 is 0. The van der Waals surface area contributed by atoms with Crippen molar-refractivity contribution < 1.29 is 0 Å². The Labute approximate surface area is 109 Å². The molecule has 0 fully saturated rings. The van der Waals surface area contributed by atoms with E-state index in [4.69, 9.17) is 0 Å². The fraction of sp³-hybridized carbons (Fsp3) is 0.312. The Bertz CT molecular complexity index is 398. The first-order valence-electron chi connectivity index (χ1n) is 6.53. The first-order chi connectivity index (χ1) is 8.88. The zero-order chi connectivity index (χ0) is 12.6. The number of aromatic nitrogens is 1. The van der Waals surface area contributed by atoms with Crippen LogP contribution in [0.4, 0.5) is 0 Å². The molecule has 94 valence electrons. The SMILES string of the molecule is CCCN(Cc1ccccc1)Cc1ccncc1. The van der Waals surface area contributed by atoms with Gasteiger partial charge in [-0.05, 0) is 36.2 Å². The largest absolute Gasteiger partial charge is 0.295 e.